The van der Waals surface area contributed by atoms with Crippen LogP contribution in [0.5, 0.6) is 0 Å². The number of aliphatic carboxylic acids is 1. The van der Waals surface area contributed by atoms with E-state index in [0.29, 0.717) is 6.04 Å². The highest BCUT2D eigenvalue weighted by molar-refractivity contribution is 5.67. The lowest BCUT2D eigenvalue weighted by atomic mass is 10.0. The molecule has 1 aromatic carbocycles. The molecule has 0 spiro atoms. The van der Waals surface area contributed by atoms with Gasteiger partial charge in [0.15, 0.2) is 0 Å². The van der Waals surface area contributed by atoms with Crippen LogP contribution >= 0.6 is 0 Å². The smallest absolute Gasteiger partial charge is 0.304 e. The average molecular weight is 262 g/mol. The molecule has 0 aliphatic carbocycles. The molecule has 4 nitrogen and oxygen atoms in total. The Morgan fingerprint density at radius 1 is 1.32 bits per heavy atom. The van der Waals surface area contributed by atoms with E-state index in [2.05, 4.69) is 35.9 Å². The second-order valence-corrected chi connectivity index (χ2v) is 5.46. The number of rotatable bonds is 4. The van der Waals surface area contributed by atoms with Crippen LogP contribution in [0.2, 0.25) is 0 Å². The zero-order chi connectivity index (χ0) is 13.8. The van der Waals surface area contributed by atoms with E-state index in [0.717, 1.165) is 19.6 Å². The van der Waals surface area contributed by atoms with Crippen LogP contribution in [-0.4, -0.2) is 53.1 Å². The fourth-order valence-electron chi connectivity index (χ4n) is 2.66. The number of nitrogens with zero attached hydrogens (tertiary/aromatic N) is 2. The third-order valence-corrected chi connectivity index (χ3v) is 3.91. The van der Waals surface area contributed by atoms with Crippen molar-refractivity contribution in [3.05, 3.63) is 35.9 Å². The molecule has 1 heterocycles. The SMILES string of the molecule is C[C@@H]1CN(Cc2ccccc2)[C@H](CC(=O)O)CN1C. The van der Waals surface area contributed by atoms with E-state index in [1.807, 2.05) is 18.2 Å². The van der Waals surface area contributed by atoms with Gasteiger partial charge in [-0.2, -0.15) is 0 Å². The second kappa shape index (κ2) is 6.17. The summed E-state index contributed by atoms with van der Waals surface area (Å²) in [6, 6.07) is 10.8. The first kappa shape index (κ1) is 14.0. The molecule has 4 heteroatoms. The van der Waals surface area contributed by atoms with Crippen LogP contribution < -0.4 is 0 Å². The minimum atomic E-state index is -0.717. The van der Waals surface area contributed by atoms with Crippen LogP contribution in [0.15, 0.2) is 30.3 Å². The van der Waals surface area contributed by atoms with E-state index in [1.165, 1.54) is 5.56 Å². The summed E-state index contributed by atoms with van der Waals surface area (Å²) in [4.78, 5) is 15.6. The largest absolute Gasteiger partial charge is 0.481 e. The van der Waals surface area contributed by atoms with Gasteiger partial charge < -0.3 is 10.0 Å². The van der Waals surface area contributed by atoms with Crippen molar-refractivity contribution in [2.75, 3.05) is 20.1 Å². The molecule has 2 rings (SSSR count). The fraction of sp³-hybridized carbons (Fsp3) is 0.533. The molecule has 0 radical (unpaired) electrons. The van der Waals surface area contributed by atoms with Crippen molar-refractivity contribution in [1.29, 1.82) is 0 Å². The van der Waals surface area contributed by atoms with E-state index in [1.54, 1.807) is 0 Å². The summed E-state index contributed by atoms with van der Waals surface area (Å²) < 4.78 is 0. The first-order valence-corrected chi connectivity index (χ1v) is 6.76. The molecule has 1 N–H and O–H groups in total. The molecular formula is C15H22N2O2. The Morgan fingerprint density at radius 2 is 2.00 bits per heavy atom. The summed E-state index contributed by atoms with van der Waals surface area (Å²) in [6.45, 7) is 4.76. The molecular weight excluding hydrogens is 240 g/mol. The minimum absolute atomic E-state index is 0.0962. The zero-order valence-electron chi connectivity index (χ0n) is 11.6. The molecule has 19 heavy (non-hydrogen) atoms. The van der Waals surface area contributed by atoms with Crippen molar-refractivity contribution >= 4 is 5.97 Å². The van der Waals surface area contributed by atoms with Gasteiger partial charge in [0.05, 0.1) is 6.42 Å². The summed E-state index contributed by atoms with van der Waals surface area (Å²) >= 11 is 0. The van der Waals surface area contributed by atoms with Gasteiger partial charge in [0.1, 0.15) is 0 Å². The normalized spacial score (nSPS) is 25.4. The maximum Gasteiger partial charge on any atom is 0.304 e. The van der Waals surface area contributed by atoms with Crippen molar-refractivity contribution in [3.8, 4) is 0 Å². The van der Waals surface area contributed by atoms with Gasteiger partial charge in [-0.1, -0.05) is 30.3 Å². The van der Waals surface area contributed by atoms with Crippen molar-refractivity contribution in [2.45, 2.75) is 32.0 Å². The standard InChI is InChI=1S/C15H22N2O2/c1-12-9-17(10-13-6-4-3-5-7-13)14(8-15(18)19)11-16(12)2/h3-7,12,14H,8-11H2,1-2H3,(H,18,19)/t12-,14-/m1/s1. The van der Waals surface area contributed by atoms with Crippen LogP contribution in [0.25, 0.3) is 0 Å². The maximum atomic E-state index is 11.0. The van der Waals surface area contributed by atoms with E-state index in [4.69, 9.17) is 5.11 Å². The lowest BCUT2D eigenvalue weighted by molar-refractivity contribution is -0.139. The molecule has 0 amide bonds. The van der Waals surface area contributed by atoms with Gasteiger partial charge in [0.25, 0.3) is 0 Å². The van der Waals surface area contributed by atoms with Crippen LogP contribution in [0, 0.1) is 0 Å². The first-order valence-electron chi connectivity index (χ1n) is 6.76. The molecule has 0 bridgehead atoms. The van der Waals surface area contributed by atoms with Crippen LogP contribution in [0.4, 0.5) is 0 Å². The molecule has 1 saturated heterocycles. The fourth-order valence-corrected chi connectivity index (χ4v) is 2.66. The van der Waals surface area contributed by atoms with E-state index >= 15 is 0 Å². The molecule has 0 unspecified atom stereocenters. The molecule has 104 valence electrons. The summed E-state index contributed by atoms with van der Waals surface area (Å²) in [5, 5.41) is 9.06. The van der Waals surface area contributed by atoms with Gasteiger partial charge >= 0.3 is 5.97 Å². The Labute approximate surface area is 114 Å². The average Bonchev–Trinajstić information content (AvgIpc) is 2.36. The van der Waals surface area contributed by atoms with Crippen LogP contribution in [0.3, 0.4) is 0 Å². The Balaban J connectivity index is 2.07. The number of hydrogen-bond donors (Lipinski definition) is 1. The van der Waals surface area contributed by atoms with Gasteiger partial charge in [-0.3, -0.25) is 9.69 Å². The number of carboxylic acids is 1. The zero-order valence-corrected chi connectivity index (χ0v) is 11.6. The van der Waals surface area contributed by atoms with E-state index < -0.39 is 5.97 Å². The minimum Gasteiger partial charge on any atom is -0.481 e. The Morgan fingerprint density at radius 3 is 2.63 bits per heavy atom. The molecule has 1 aliphatic rings. The highest BCUT2D eigenvalue weighted by Gasteiger charge is 2.30. The lowest BCUT2D eigenvalue weighted by Gasteiger charge is -2.43. The number of likely N-dealkylation sites (N-methyl/N-ethyl adjacent to an activating group) is 1. The second-order valence-electron chi connectivity index (χ2n) is 5.46. The highest BCUT2D eigenvalue weighted by Crippen LogP contribution is 2.19. The summed E-state index contributed by atoms with van der Waals surface area (Å²) in [6.07, 6.45) is 0.212. The first-order chi connectivity index (χ1) is 9.06. The highest BCUT2D eigenvalue weighted by atomic mass is 16.4. The molecule has 1 fully saturated rings. The monoisotopic (exact) mass is 262 g/mol. The van der Waals surface area contributed by atoms with Crippen LogP contribution in [-0.2, 0) is 11.3 Å². The Kier molecular flexibility index (Phi) is 4.56. The number of piperazine rings is 1. The van der Waals surface area contributed by atoms with Crippen LogP contribution in [0.1, 0.15) is 18.9 Å². The Hall–Kier alpha value is -1.39. The third kappa shape index (κ3) is 3.78. The van der Waals surface area contributed by atoms with Gasteiger partial charge in [-0.25, -0.2) is 0 Å². The topological polar surface area (TPSA) is 43.8 Å². The van der Waals surface area contributed by atoms with Gasteiger partial charge in [0, 0.05) is 31.7 Å². The molecule has 2 atom stereocenters. The molecule has 0 saturated carbocycles. The van der Waals surface area contributed by atoms with Crippen molar-refractivity contribution in [3.63, 3.8) is 0 Å². The van der Waals surface area contributed by atoms with Gasteiger partial charge in [-0.15, -0.1) is 0 Å². The molecule has 1 aromatic rings. The van der Waals surface area contributed by atoms with Gasteiger partial charge in [-0.05, 0) is 19.5 Å². The number of carbonyl (C=O) groups is 1. The predicted molar refractivity (Wildman–Crippen MR) is 75.0 cm³/mol. The summed E-state index contributed by atoms with van der Waals surface area (Å²) in [5.41, 5.74) is 1.25. The molecule has 1 aliphatic heterocycles. The predicted octanol–water partition coefficient (Wildman–Crippen LogP) is 1.67. The third-order valence-electron chi connectivity index (χ3n) is 3.91. The van der Waals surface area contributed by atoms with E-state index in [9.17, 15) is 4.79 Å². The quantitative estimate of drug-likeness (QED) is 0.896. The number of carboxylic acid groups (broad SMARTS) is 1. The molecule has 0 aromatic heterocycles. The van der Waals surface area contributed by atoms with E-state index in [-0.39, 0.29) is 12.5 Å². The lowest BCUT2D eigenvalue weighted by Crippen LogP contribution is -2.56. The Bertz CT molecular complexity index is 421. The maximum absolute atomic E-state index is 11.0. The van der Waals surface area contributed by atoms with Crippen molar-refractivity contribution in [2.24, 2.45) is 0 Å². The summed E-state index contributed by atoms with van der Waals surface area (Å²) in [7, 11) is 2.07. The number of benzene rings is 1. The van der Waals surface area contributed by atoms with Crippen molar-refractivity contribution in [1.82, 2.24) is 9.80 Å². The van der Waals surface area contributed by atoms with Crippen molar-refractivity contribution < 1.29 is 9.90 Å². The number of hydrogen-bond acceptors (Lipinski definition) is 3. The van der Waals surface area contributed by atoms with Gasteiger partial charge in [0.2, 0.25) is 0 Å². The summed E-state index contributed by atoms with van der Waals surface area (Å²) in [5.74, 6) is -0.717.